The molecule has 0 aliphatic rings. The van der Waals surface area contributed by atoms with Crippen molar-refractivity contribution in [3.63, 3.8) is 0 Å². The summed E-state index contributed by atoms with van der Waals surface area (Å²) in [5, 5.41) is 4.02. The summed E-state index contributed by atoms with van der Waals surface area (Å²) in [6, 6.07) is 11.4. The zero-order valence-corrected chi connectivity index (χ0v) is 23.2. The number of rotatable bonds is 15. The van der Waals surface area contributed by atoms with E-state index in [1.54, 1.807) is 18.7 Å². The van der Waals surface area contributed by atoms with Crippen molar-refractivity contribution in [3.8, 4) is 0 Å². The Labute approximate surface area is 224 Å². The number of aromatic nitrogens is 1. The minimum Gasteiger partial charge on any atom is -0.464 e. The van der Waals surface area contributed by atoms with Crippen LogP contribution in [0.3, 0.4) is 0 Å². The number of pyridine rings is 1. The second-order valence-corrected chi connectivity index (χ2v) is 11.2. The number of carbonyl (C=O) groups excluding carboxylic acids is 2. The van der Waals surface area contributed by atoms with Gasteiger partial charge in [0, 0.05) is 42.3 Å². The molecule has 0 aliphatic carbocycles. The van der Waals surface area contributed by atoms with E-state index in [-0.39, 0.29) is 17.9 Å². The van der Waals surface area contributed by atoms with Crippen LogP contribution in [0, 0.1) is 11.8 Å². The first-order chi connectivity index (χ1) is 17.8. The lowest BCUT2D eigenvalue weighted by atomic mass is 10.1. The molecule has 200 valence electrons. The van der Waals surface area contributed by atoms with Gasteiger partial charge in [-0.15, -0.1) is 0 Å². The normalized spacial score (nSPS) is 12.3. The minimum atomic E-state index is -0.311. The van der Waals surface area contributed by atoms with E-state index in [2.05, 4.69) is 48.8 Å². The van der Waals surface area contributed by atoms with Crippen molar-refractivity contribution < 1.29 is 14.0 Å². The standard InChI is InChI=1S/C29H40N4O3S/c1-21(2)19-33(20-22(3)4)29(35)26(32-37-25-10-11-27-24(17-25)12-15-36-27)9-5-6-14-31-28(34)16-23-8-7-13-30-18-23/h7-8,10-13,15,17-18,21-22,26,32H,5-6,9,14,16,19-20H2,1-4H3,(H,31,34). The Balaban J connectivity index is 1.56. The molecule has 0 bridgehead atoms. The van der Waals surface area contributed by atoms with Crippen LogP contribution in [-0.4, -0.2) is 47.4 Å². The van der Waals surface area contributed by atoms with Crippen LogP contribution in [0.2, 0.25) is 0 Å². The lowest BCUT2D eigenvalue weighted by molar-refractivity contribution is -0.134. The van der Waals surface area contributed by atoms with Crippen LogP contribution < -0.4 is 10.0 Å². The van der Waals surface area contributed by atoms with E-state index in [0.29, 0.717) is 31.2 Å². The predicted molar refractivity (Wildman–Crippen MR) is 150 cm³/mol. The van der Waals surface area contributed by atoms with Gasteiger partial charge in [-0.2, -0.15) is 0 Å². The number of amides is 2. The number of benzene rings is 1. The SMILES string of the molecule is CC(C)CN(CC(C)C)C(=O)C(CCCCNC(=O)Cc1cccnc1)NSc1ccc2occc2c1. The second kappa shape index (κ2) is 14.8. The highest BCUT2D eigenvalue weighted by atomic mass is 32.2. The third kappa shape index (κ3) is 9.85. The monoisotopic (exact) mass is 524 g/mol. The second-order valence-electron chi connectivity index (χ2n) is 10.3. The zero-order chi connectivity index (χ0) is 26.6. The Morgan fingerprint density at radius 2 is 1.84 bits per heavy atom. The molecular weight excluding hydrogens is 484 g/mol. The number of hydrogen-bond donors (Lipinski definition) is 2. The van der Waals surface area contributed by atoms with Gasteiger partial charge in [0.25, 0.3) is 0 Å². The van der Waals surface area contributed by atoms with Crippen molar-refractivity contribution >= 4 is 34.7 Å². The Hall–Kier alpha value is -2.84. The average molecular weight is 525 g/mol. The third-order valence-electron chi connectivity index (χ3n) is 5.85. The van der Waals surface area contributed by atoms with E-state index in [4.69, 9.17) is 4.42 Å². The molecule has 2 heterocycles. The van der Waals surface area contributed by atoms with Gasteiger partial charge in [0.15, 0.2) is 0 Å². The summed E-state index contributed by atoms with van der Waals surface area (Å²) in [5.74, 6) is 0.924. The molecule has 8 heteroatoms. The molecule has 1 unspecified atom stereocenters. The molecule has 3 rings (SSSR count). The van der Waals surface area contributed by atoms with Gasteiger partial charge >= 0.3 is 0 Å². The van der Waals surface area contributed by atoms with E-state index in [1.165, 1.54) is 11.9 Å². The molecule has 0 spiro atoms. The predicted octanol–water partition coefficient (Wildman–Crippen LogP) is 5.46. The van der Waals surface area contributed by atoms with E-state index >= 15 is 0 Å². The quantitative estimate of drug-likeness (QED) is 0.203. The zero-order valence-electron chi connectivity index (χ0n) is 22.4. The van der Waals surface area contributed by atoms with E-state index in [9.17, 15) is 9.59 Å². The van der Waals surface area contributed by atoms with Crippen molar-refractivity contribution in [2.45, 2.75) is 64.3 Å². The van der Waals surface area contributed by atoms with Crippen LogP contribution in [-0.2, 0) is 16.0 Å². The Kier molecular flexibility index (Phi) is 11.5. The van der Waals surface area contributed by atoms with Crippen LogP contribution in [0.25, 0.3) is 11.0 Å². The van der Waals surface area contributed by atoms with Crippen LogP contribution in [0.15, 0.2) is 64.4 Å². The molecular formula is C29H40N4O3S. The number of nitrogens with one attached hydrogen (secondary N) is 2. The molecule has 3 aromatic rings. The van der Waals surface area contributed by atoms with Gasteiger partial charge in [-0.05, 0) is 78.9 Å². The van der Waals surface area contributed by atoms with Crippen molar-refractivity contribution in [3.05, 3.63) is 60.6 Å². The van der Waals surface area contributed by atoms with Gasteiger partial charge in [-0.3, -0.25) is 14.6 Å². The highest BCUT2D eigenvalue weighted by Crippen LogP contribution is 2.24. The molecule has 2 aromatic heterocycles. The van der Waals surface area contributed by atoms with Crippen molar-refractivity contribution in [1.29, 1.82) is 0 Å². The number of unbranched alkanes of at least 4 members (excludes halogenated alkanes) is 1. The molecule has 0 radical (unpaired) electrons. The maximum Gasteiger partial charge on any atom is 0.240 e. The number of fused-ring (bicyclic) bond motifs is 1. The first-order valence-electron chi connectivity index (χ1n) is 13.2. The highest BCUT2D eigenvalue weighted by molar-refractivity contribution is 7.97. The van der Waals surface area contributed by atoms with Gasteiger partial charge < -0.3 is 14.6 Å². The van der Waals surface area contributed by atoms with Crippen LogP contribution in [0.4, 0.5) is 0 Å². The third-order valence-corrected chi connectivity index (χ3v) is 6.74. The Morgan fingerprint density at radius 3 is 2.54 bits per heavy atom. The maximum atomic E-state index is 13.6. The van der Waals surface area contributed by atoms with Gasteiger partial charge in [0.2, 0.25) is 11.8 Å². The van der Waals surface area contributed by atoms with Crippen LogP contribution in [0.1, 0.15) is 52.5 Å². The summed E-state index contributed by atoms with van der Waals surface area (Å²) in [5.41, 5.74) is 1.75. The van der Waals surface area contributed by atoms with Gasteiger partial charge in [0.1, 0.15) is 5.58 Å². The molecule has 2 N–H and O–H groups in total. The topological polar surface area (TPSA) is 87.5 Å². The summed E-state index contributed by atoms with van der Waals surface area (Å²) in [6.45, 7) is 10.7. The number of nitrogens with zero attached hydrogens (tertiary/aromatic N) is 2. The van der Waals surface area contributed by atoms with Crippen molar-refractivity contribution in [2.24, 2.45) is 11.8 Å². The van der Waals surface area contributed by atoms with Crippen molar-refractivity contribution in [2.75, 3.05) is 19.6 Å². The molecule has 2 amide bonds. The molecule has 0 saturated carbocycles. The molecule has 37 heavy (non-hydrogen) atoms. The molecule has 0 saturated heterocycles. The number of furan rings is 1. The van der Waals surface area contributed by atoms with Crippen LogP contribution in [0.5, 0.6) is 0 Å². The fraction of sp³-hybridized carbons (Fsp3) is 0.483. The Morgan fingerprint density at radius 1 is 1.05 bits per heavy atom. The van der Waals surface area contributed by atoms with E-state index < -0.39 is 0 Å². The van der Waals surface area contributed by atoms with Gasteiger partial charge in [0.05, 0.1) is 18.7 Å². The molecule has 7 nitrogen and oxygen atoms in total. The highest BCUT2D eigenvalue weighted by Gasteiger charge is 2.25. The largest absolute Gasteiger partial charge is 0.464 e. The van der Waals surface area contributed by atoms with E-state index in [1.807, 2.05) is 35.2 Å². The minimum absolute atomic E-state index is 0.0102. The number of carbonyl (C=O) groups is 2. The summed E-state index contributed by atoms with van der Waals surface area (Å²) in [4.78, 5) is 33.0. The first kappa shape index (κ1) is 28.7. The fourth-order valence-corrected chi connectivity index (χ4v) is 5.01. The fourth-order valence-electron chi connectivity index (χ4n) is 4.19. The van der Waals surface area contributed by atoms with Gasteiger partial charge in [-0.25, -0.2) is 4.72 Å². The Bertz CT molecular complexity index is 1110. The lowest BCUT2D eigenvalue weighted by Crippen LogP contribution is -2.47. The molecule has 0 aliphatic heterocycles. The van der Waals surface area contributed by atoms with Gasteiger partial charge in [-0.1, -0.05) is 33.8 Å². The molecule has 0 fully saturated rings. The summed E-state index contributed by atoms with van der Waals surface area (Å²) in [6.07, 6.45) is 7.76. The molecule has 1 atom stereocenters. The average Bonchev–Trinajstić information content (AvgIpc) is 3.33. The van der Waals surface area contributed by atoms with E-state index in [0.717, 1.165) is 47.4 Å². The van der Waals surface area contributed by atoms with Crippen molar-refractivity contribution in [1.82, 2.24) is 19.9 Å². The summed E-state index contributed by atoms with van der Waals surface area (Å²) < 4.78 is 8.90. The first-order valence-corrected chi connectivity index (χ1v) is 14.0. The van der Waals surface area contributed by atoms with Crippen LogP contribution >= 0.6 is 11.9 Å². The lowest BCUT2D eigenvalue weighted by Gasteiger charge is -2.30. The summed E-state index contributed by atoms with van der Waals surface area (Å²) >= 11 is 1.49. The maximum absolute atomic E-state index is 13.6. The molecule has 1 aromatic carbocycles. The summed E-state index contributed by atoms with van der Waals surface area (Å²) in [7, 11) is 0. The smallest absolute Gasteiger partial charge is 0.240 e. The number of hydrogen-bond acceptors (Lipinski definition) is 6.